The standard InChI is InChI=1S/C12H16N4O4/c1-20-10-9(5-13-7-14-10)15-12(19)16-4-2-3-8(6-16)11(17)18/h5,7-8H,2-4,6H2,1H3,(H,15,19)(H,17,18). The van der Waals surface area contributed by atoms with E-state index in [0.29, 0.717) is 25.1 Å². The van der Waals surface area contributed by atoms with E-state index >= 15 is 0 Å². The van der Waals surface area contributed by atoms with E-state index in [2.05, 4.69) is 15.3 Å². The van der Waals surface area contributed by atoms with Crippen LogP contribution < -0.4 is 10.1 Å². The first kappa shape index (κ1) is 14.0. The first-order valence-electron chi connectivity index (χ1n) is 6.24. The number of carbonyl (C=O) groups is 2. The van der Waals surface area contributed by atoms with E-state index in [9.17, 15) is 9.59 Å². The molecule has 1 fully saturated rings. The minimum absolute atomic E-state index is 0.206. The number of aromatic nitrogens is 2. The van der Waals surface area contributed by atoms with E-state index in [-0.39, 0.29) is 18.5 Å². The molecule has 1 aromatic heterocycles. The van der Waals surface area contributed by atoms with Crippen molar-refractivity contribution in [2.75, 3.05) is 25.5 Å². The highest BCUT2D eigenvalue weighted by atomic mass is 16.5. The minimum Gasteiger partial charge on any atom is -0.481 e. The van der Waals surface area contributed by atoms with Crippen molar-refractivity contribution in [1.82, 2.24) is 14.9 Å². The van der Waals surface area contributed by atoms with Crippen LogP contribution in [-0.4, -0.2) is 52.2 Å². The maximum Gasteiger partial charge on any atom is 0.322 e. The zero-order valence-electron chi connectivity index (χ0n) is 11.1. The Balaban J connectivity index is 2.02. The van der Waals surface area contributed by atoms with Gasteiger partial charge in [0.2, 0.25) is 5.88 Å². The van der Waals surface area contributed by atoms with Crippen LogP contribution in [0.15, 0.2) is 12.5 Å². The van der Waals surface area contributed by atoms with E-state index < -0.39 is 11.9 Å². The number of nitrogens with zero attached hydrogens (tertiary/aromatic N) is 3. The molecule has 2 rings (SSSR count). The lowest BCUT2D eigenvalue weighted by molar-refractivity contribution is -0.143. The number of aliphatic carboxylic acids is 1. The molecule has 1 unspecified atom stereocenters. The highest BCUT2D eigenvalue weighted by Crippen LogP contribution is 2.21. The number of urea groups is 1. The van der Waals surface area contributed by atoms with Crippen molar-refractivity contribution in [1.29, 1.82) is 0 Å². The average molecular weight is 280 g/mol. The van der Waals surface area contributed by atoms with Gasteiger partial charge in [-0.05, 0) is 12.8 Å². The molecule has 1 aliphatic heterocycles. The molecule has 0 saturated carbocycles. The molecule has 0 bridgehead atoms. The van der Waals surface area contributed by atoms with E-state index in [1.165, 1.54) is 24.5 Å². The van der Waals surface area contributed by atoms with E-state index in [0.717, 1.165) is 0 Å². The number of carboxylic acid groups (broad SMARTS) is 1. The summed E-state index contributed by atoms with van der Waals surface area (Å²) in [6.45, 7) is 0.739. The summed E-state index contributed by atoms with van der Waals surface area (Å²) in [6, 6.07) is -0.371. The molecule has 2 N–H and O–H groups in total. The Morgan fingerprint density at radius 3 is 3.05 bits per heavy atom. The first-order chi connectivity index (χ1) is 9.61. The number of carboxylic acids is 1. The molecule has 1 saturated heterocycles. The Morgan fingerprint density at radius 1 is 1.55 bits per heavy atom. The molecular weight excluding hydrogens is 264 g/mol. The number of anilines is 1. The highest BCUT2D eigenvalue weighted by Gasteiger charge is 2.28. The van der Waals surface area contributed by atoms with Gasteiger partial charge in [-0.15, -0.1) is 0 Å². The summed E-state index contributed by atoms with van der Waals surface area (Å²) >= 11 is 0. The maximum absolute atomic E-state index is 12.1. The predicted octanol–water partition coefficient (Wildman–Crippen LogP) is 0.814. The van der Waals surface area contributed by atoms with Crippen molar-refractivity contribution in [2.45, 2.75) is 12.8 Å². The number of ether oxygens (including phenoxy) is 1. The lowest BCUT2D eigenvalue weighted by Gasteiger charge is -2.30. The summed E-state index contributed by atoms with van der Waals surface area (Å²) < 4.78 is 5.01. The Bertz CT molecular complexity index is 508. The second-order valence-electron chi connectivity index (χ2n) is 4.50. The fourth-order valence-corrected chi connectivity index (χ4v) is 2.12. The van der Waals surface area contributed by atoms with E-state index in [1.807, 2.05) is 0 Å². The van der Waals surface area contributed by atoms with Gasteiger partial charge in [0.15, 0.2) is 0 Å². The lowest BCUT2D eigenvalue weighted by Crippen LogP contribution is -2.44. The molecule has 0 spiro atoms. The zero-order valence-corrected chi connectivity index (χ0v) is 11.1. The van der Waals surface area contributed by atoms with Crippen LogP contribution in [0.5, 0.6) is 5.88 Å². The molecular formula is C12H16N4O4. The maximum atomic E-state index is 12.1. The molecule has 1 atom stereocenters. The summed E-state index contributed by atoms with van der Waals surface area (Å²) in [5.74, 6) is -1.12. The number of amides is 2. The SMILES string of the molecule is COc1ncncc1NC(=O)N1CCCC(C(=O)O)C1. The van der Waals surface area contributed by atoms with Gasteiger partial charge in [0.05, 0.1) is 19.2 Å². The number of likely N-dealkylation sites (tertiary alicyclic amines) is 1. The van der Waals surface area contributed by atoms with Crippen molar-refractivity contribution >= 4 is 17.7 Å². The van der Waals surface area contributed by atoms with Gasteiger partial charge < -0.3 is 20.1 Å². The summed E-state index contributed by atoms with van der Waals surface area (Å²) in [7, 11) is 1.44. The largest absolute Gasteiger partial charge is 0.481 e. The van der Waals surface area contributed by atoms with Crippen molar-refractivity contribution in [3.63, 3.8) is 0 Å². The second kappa shape index (κ2) is 6.18. The molecule has 0 radical (unpaired) electrons. The second-order valence-corrected chi connectivity index (χ2v) is 4.50. The number of nitrogens with one attached hydrogen (secondary N) is 1. The number of piperidine rings is 1. The Hall–Kier alpha value is -2.38. The van der Waals surface area contributed by atoms with Crippen molar-refractivity contribution in [3.8, 4) is 5.88 Å². The highest BCUT2D eigenvalue weighted by molar-refractivity contribution is 5.90. The van der Waals surface area contributed by atoms with Gasteiger partial charge in [-0.3, -0.25) is 4.79 Å². The van der Waals surface area contributed by atoms with Crippen LogP contribution in [0.4, 0.5) is 10.5 Å². The molecule has 0 aliphatic carbocycles. The first-order valence-corrected chi connectivity index (χ1v) is 6.24. The average Bonchev–Trinajstić information content (AvgIpc) is 2.48. The Kier molecular flexibility index (Phi) is 4.34. The van der Waals surface area contributed by atoms with Crippen LogP contribution in [0.2, 0.25) is 0 Å². The van der Waals surface area contributed by atoms with Crippen molar-refractivity contribution in [2.24, 2.45) is 5.92 Å². The van der Waals surface area contributed by atoms with Crippen LogP contribution in [0, 0.1) is 5.92 Å². The molecule has 108 valence electrons. The van der Waals surface area contributed by atoms with Gasteiger partial charge in [-0.2, -0.15) is 4.98 Å². The number of hydrogen-bond donors (Lipinski definition) is 2. The summed E-state index contributed by atoms with van der Waals surface area (Å²) in [5, 5.41) is 11.6. The molecule has 2 amide bonds. The number of hydrogen-bond acceptors (Lipinski definition) is 5. The third-order valence-electron chi connectivity index (χ3n) is 3.17. The monoisotopic (exact) mass is 280 g/mol. The number of rotatable bonds is 3. The third kappa shape index (κ3) is 3.14. The summed E-state index contributed by atoms with van der Waals surface area (Å²) in [6.07, 6.45) is 4.02. The molecule has 2 heterocycles. The minimum atomic E-state index is -0.872. The van der Waals surface area contributed by atoms with Crippen molar-refractivity contribution < 1.29 is 19.4 Å². The topological polar surface area (TPSA) is 105 Å². The normalized spacial score (nSPS) is 18.4. The smallest absolute Gasteiger partial charge is 0.322 e. The molecule has 1 aromatic rings. The van der Waals surface area contributed by atoms with E-state index in [1.54, 1.807) is 0 Å². The van der Waals surface area contributed by atoms with Crippen LogP contribution in [0.3, 0.4) is 0 Å². The van der Waals surface area contributed by atoms with Crippen LogP contribution in [0.1, 0.15) is 12.8 Å². The summed E-state index contributed by atoms with van der Waals surface area (Å²) in [4.78, 5) is 32.3. The third-order valence-corrected chi connectivity index (χ3v) is 3.17. The van der Waals surface area contributed by atoms with Gasteiger partial charge in [0.25, 0.3) is 0 Å². The van der Waals surface area contributed by atoms with Crippen LogP contribution in [0.25, 0.3) is 0 Å². The molecule has 0 aromatic carbocycles. The van der Waals surface area contributed by atoms with Gasteiger partial charge >= 0.3 is 12.0 Å². The fourth-order valence-electron chi connectivity index (χ4n) is 2.12. The number of methoxy groups -OCH3 is 1. The molecule has 8 nitrogen and oxygen atoms in total. The zero-order chi connectivity index (χ0) is 14.5. The Morgan fingerprint density at radius 2 is 2.35 bits per heavy atom. The lowest BCUT2D eigenvalue weighted by atomic mass is 9.99. The molecule has 1 aliphatic rings. The molecule has 20 heavy (non-hydrogen) atoms. The quantitative estimate of drug-likeness (QED) is 0.849. The van der Waals surface area contributed by atoms with E-state index in [4.69, 9.17) is 9.84 Å². The fraction of sp³-hybridized carbons (Fsp3) is 0.500. The van der Waals surface area contributed by atoms with Gasteiger partial charge in [-0.25, -0.2) is 9.78 Å². The van der Waals surface area contributed by atoms with Gasteiger partial charge in [0, 0.05) is 13.1 Å². The van der Waals surface area contributed by atoms with Gasteiger partial charge in [0.1, 0.15) is 12.0 Å². The number of carbonyl (C=O) groups excluding carboxylic acids is 1. The summed E-state index contributed by atoms with van der Waals surface area (Å²) in [5.41, 5.74) is 0.359. The van der Waals surface area contributed by atoms with Crippen molar-refractivity contribution in [3.05, 3.63) is 12.5 Å². The van der Waals surface area contributed by atoms with Gasteiger partial charge in [-0.1, -0.05) is 0 Å². The predicted molar refractivity (Wildman–Crippen MR) is 69.5 cm³/mol. The Labute approximate surface area is 115 Å². The molecule has 8 heteroatoms. The van der Waals surface area contributed by atoms with Crippen LogP contribution >= 0.6 is 0 Å². The van der Waals surface area contributed by atoms with Crippen LogP contribution in [-0.2, 0) is 4.79 Å².